The van der Waals surface area contributed by atoms with Crippen molar-refractivity contribution in [3.8, 4) is 0 Å². The zero-order valence-electron chi connectivity index (χ0n) is 17.4. The van der Waals surface area contributed by atoms with E-state index in [9.17, 15) is 9.59 Å². The highest BCUT2D eigenvalue weighted by Crippen LogP contribution is 2.47. The van der Waals surface area contributed by atoms with E-state index in [1.54, 1.807) is 0 Å². The molecule has 4 aliphatic rings. The van der Waals surface area contributed by atoms with Gasteiger partial charge in [0, 0.05) is 25.7 Å². The lowest BCUT2D eigenvalue weighted by Crippen LogP contribution is -2.49. The Hall–Kier alpha value is -1.34. The fourth-order valence-electron chi connectivity index (χ4n) is 5.86. The lowest BCUT2D eigenvalue weighted by Gasteiger charge is -2.39. The number of nitrogens with zero attached hydrogens (tertiary/aromatic N) is 2. The summed E-state index contributed by atoms with van der Waals surface area (Å²) < 4.78 is 5.79. The van der Waals surface area contributed by atoms with Gasteiger partial charge in [-0.15, -0.1) is 24.8 Å². The van der Waals surface area contributed by atoms with Crippen LogP contribution in [0.25, 0.3) is 0 Å². The van der Waals surface area contributed by atoms with Crippen LogP contribution in [-0.2, 0) is 19.7 Å². The van der Waals surface area contributed by atoms with E-state index in [1.807, 2.05) is 30.1 Å². The molecule has 1 atom stereocenters. The summed E-state index contributed by atoms with van der Waals surface area (Å²) in [7, 11) is 1.89. The quantitative estimate of drug-likeness (QED) is 0.694. The van der Waals surface area contributed by atoms with E-state index in [2.05, 4.69) is 16.3 Å². The Morgan fingerprint density at radius 1 is 1.07 bits per heavy atom. The molecule has 30 heavy (non-hydrogen) atoms. The van der Waals surface area contributed by atoms with Gasteiger partial charge in [-0.2, -0.15) is 0 Å². The van der Waals surface area contributed by atoms with Gasteiger partial charge in [-0.1, -0.05) is 18.2 Å². The Labute approximate surface area is 190 Å². The summed E-state index contributed by atoms with van der Waals surface area (Å²) in [5.41, 5.74) is 1.61. The summed E-state index contributed by atoms with van der Waals surface area (Å²) >= 11 is 0. The van der Waals surface area contributed by atoms with Crippen LogP contribution < -0.4 is 10.2 Å². The van der Waals surface area contributed by atoms with Crippen LogP contribution in [0.5, 0.6) is 0 Å². The van der Waals surface area contributed by atoms with E-state index in [1.165, 1.54) is 5.56 Å². The highest BCUT2D eigenvalue weighted by Gasteiger charge is 2.52. The minimum absolute atomic E-state index is 0. The molecule has 1 aromatic carbocycles. The molecular formula is C22H31Cl2N3O3. The number of hydrogen-bond donors (Lipinski definition) is 1. The summed E-state index contributed by atoms with van der Waals surface area (Å²) in [6.07, 6.45) is 4.30. The third-order valence-electron chi connectivity index (χ3n) is 7.55. The Morgan fingerprint density at radius 2 is 1.73 bits per heavy atom. The Morgan fingerprint density at radius 3 is 2.43 bits per heavy atom. The van der Waals surface area contributed by atoms with Gasteiger partial charge in [-0.25, -0.2) is 0 Å². The number of fused-ring (bicyclic) bond motifs is 2. The number of carbonyl (C=O) groups excluding carboxylic acids is 2. The highest BCUT2D eigenvalue weighted by molar-refractivity contribution is 6.07. The second kappa shape index (κ2) is 8.65. The van der Waals surface area contributed by atoms with E-state index in [4.69, 9.17) is 4.74 Å². The first-order valence-corrected chi connectivity index (χ1v) is 10.6. The molecule has 6 nitrogen and oxygen atoms in total. The first-order chi connectivity index (χ1) is 13.5. The van der Waals surface area contributed by atoms with Crippen molar-refractivity contribution >= 4 is 42.4 Å². The monoisotopic (exact) mass is 455 g/mol. The fraction of sp³-hybridized carbons (Fsp3) is 0.636. The number of amides is 1. The molecule has 1 unspecified atom stereocenters. The minimum atomic E-state index is -0.371. The van der Waals surface area contributed by atoms with Crippen molar-refractivity contribution in [3.63, 3.8) is 0 Å². The maximum atomic E-state index is 13.1. The van der Waals surface area contributed by atoms with Crippen LogP contribution in [0.15, 0.2) is 24.3 Å². The number of carbonyl (C=O) groups is 2. The second-order valence-corrected chi connectivity index (χ2v) is 9.03. The second-order valence-electron chi connectivity index (χ2n) is 9.03. The number of piperidine rings is 2. The smallest absolute Gasteiger partial charge is 0.312 e. The van der Waals surface area contributed by atoms with Gasteiger partial charge in [0.2, 0.25) is 5.91 Å². The number of esters is 1. The highest BCUT2D eigenvalue weighted by atomic mass is 35.5. The van der Waals surface area contributed by atoms with Crippen molar-refractivity contribution in [2.24, 2.45) is 5.41 Å². The van der Waals surface area contributed by atoms with Crippen molar-refractivity contribution in [1.29, 1.82) is 0 Å². The molecule has 0 bridgehead atoms. The Bertz CT molecular complexity index is 805. The molecule has 1 aromatic rings. The SMILES string of the molecule is CN1C(=O)C2(CCN(CC3CC4(CCNCC4)C(=O)O3)CC2)c2ccccc21.Cl.Cl. The number of nitrogens with one attached hydrogen (secondary N) is 1. The molecule has 8 heteroatoms. The molecule has 1 N–H and O–H groups in total. The molecule has 3 saturated heterocycles. The van der Waals surface area contributed by atoms with E-state index in [-0.39, 0.29) is 53.6 Å². The number of hydrogen-bond acceptors (Lipinski definition) is 5. The van der Waals surface area contributed by atoms with Gasteiger partial charge in [-0.3, -0.25) is 14.5 Å². The predicted molar refractivity (Wildman–Crippen MR) is 121 cm³/mol. The number of halogens is 2. The molecule has 0 aliphatic carbocycles. The number of para-hydroxylation sites is 1. The van der Waals surface area contributed by atoms with Crippen LogP contribution in [0.4, 0.5) is 5.69 Å². The normalized spacial score (nSPS) is 26.8. The van der Waals surface area contributed by atoms with Gasteiger partial charge in [0.1, 0.15) is 6.10 Å². The minimum Gasteiger partial charge on any atom is -0.461 e. The van der Waals surface area contributed by atoms with Gasteiger partial charge in [-0.05, 0) is 63.5 Å². The fourth-order valence-corrected chi connectivity index (χ4v) is 5.86. The third-order valence-corrected chi connectivity index (χ3v) is 7.55. The number of likely N-dealkylation sites (N-methyl/N-ethyl adjacent to an activating group) is 1. The maximum absolute atomic E-state index is 13.1. The van der Waals surface area contributed by atoms with Crippen molar-refractivity contribution in [2.75, 3.05) is 44.7 Å². The molecule has 4 aliphatic heterocycles. The van der Waals surface area contributed by atoms with E-state index in [0.717, 1.165) is 70.5 Å². The van der Waals surface area contributed by atoms with Crippen LogP contribution in [-0.4, -0.2) is 62.7 Å². The summed E-state index contributed by atoms with van der Waals surface area (Å²) in [5, 5.41) is 3.34. The lowest BCUT2D eigenvalue weighted by molar-refractivity contribution is -0.150. The van der Waals surface area contributed by atoms with Gasteiger partial charge >= 0.3 is 5.97 Å². The average Bonchev–Trinajstić information content (AvgIpc) is 3.12. The van der Waals surface area contributed by atoms with Gasteiger partial charge < -0.3 is 15.0 Å². The van der Waals surface area contributed by atoms with Crippen LogP contribution in [0.3, 0.4) is 0 Å². The van der Waals surface area contributed by atoms with Gasteiger partial charge in [0.05, 0.1) is 10.8 Å². The maximum Gasteiger partial charge on any atom is 0.312 e. The Kier molecular flexibility index (Phi) is 6.73. The molecule has 4 heterocycles. The largest absolute Gasteiger partial charge is 0.461 e. The Balaban J connectivity index is 0.00000128. The van der Waals surface area contributed by atoms with Gasteiger partial charge in [0.15, 0.2) is 0 Å². The molecule has 3 fully saturated rings. The van der Waals surface area contributed by atoms with E-state index < -0.39 is 0 Å². The zero-order chi connectivity index (χ0) is 19.4. The molecule has 5 rings (SSSR count). The molecule has 0 saturated carbocycles. The number of likely N-dealkylation sites (tertiary alicyclic amines) is 1. The summed E-state index contributed by atoms with van der Waals surface area (Å²) in [4.78, 5) is 29.8. The first kappa shape index (κ1) is 23.3. The molecule has 2 spiro atoms. The molecule has 0 aromatic heterocycles. The van der Waals surface area contributed by atoms with Crippen molar-refractivity contribution in [1.82, 2.24) is 10.2 Å². The van der Waals surface area contributed by atoms with Crippen LogP contribution >= 0.6 is 24.8 Å². The van der Waals surface area contributed by atoms with E-state index >= 15 is 0 Å². The van der Waals surface area contributed by atoms with Crippen molar-refractivity contribution < 1.29 is 14.3 Å². The lowest BCUT2D eigenvalue weighted by atomic mass is 9.73. The van der Waals surface area contributed by atoms with Crippen LogP contribution in [0.1, 0.15) is 37.7 Å². The number of rotatable bonds is 2. The number of ether oxygens (including phenoxy) is 1. The van der Waals surface area contributed by atoms with Crippen LogP contribution in [0, 0.1) is 5.41 Å². The number of benzene rings is 1. The third kappa shape index (κ3) is 3.52. The van der Waals surface area contributed by atoms with Crippen molar-refractivity contribution in [2.45, 2.75) is 43.6 Å². The van der Waals surface area contributed by atoms with Crippen molar-refractivity contribution in [3.05, 3.63) is 29.8 Å². The van der Waals surface area contributed by atoms with Gasteiger partial charge in [0.25, 0.3) is 0 Å². The standard InChI is InChI=1S/C22H29N3O3.2ClH/c1-24-18-5-3-2-4-17(18)22(19(24)26)8-12-25(13-9-22)15-16-14-21(20(27)28-16)6-10-23-11-7-21;;/h2-5,16,23H,6-15H2,1H3;2*1H. The molecule has 0 radical (unpaired) electrons. The summed E-state index contributed by atoms with van der Waals surface area (Å²) in [6.45, 7) is 4.35. The number of cyclic esters (lactones) is 1. The summed E-state index contributed by atoms with van der Waals surface area (Å²) in [6, 6.07) is 8.20. The topological polar surface area (TPSA) is 61.9 Å². The molecule has 166 valence electrons. The molecular weight excluding hydrogens is 425 g/mol. The zero-order valence-corrected chi connectivity index (χ0v) is 19.0. The first-order valence-electron chi connectivity index (χ1n) is 10.6. The molecule has 1 amide bonds. The van der Waals surface area contributed by atoms with E-state index in [0.29, 0.717) is 0 Å². The summed E-state index contributed by atoms with van der Waals surface area (Å²) in [5.74, 6) is 0.239. The van der Waals surface area contributed by atoms with Crippen LogP contribution in [0.2, 0.25) is 0 Å². The predicted octanol–water partition coefficient (Wildman–Crippen LogP) is 2.53. The number of anilines is 1. The average molecular weight is 456 g/mol.